The van der Waals surface area contributed by atoms with Gasteiger partial charge in [0, 0.05) is 0 Å². The molecule has 0 aliphatic carbocycles. The minimum Gasteiger partial charge on any atom is -0.394 e. The van der Waals surface area contributed by atoms with Gasteiger partial charge in [0.25, 0.3) is 0 Å². The van der Waals surface area contributed by atoms with E-state index in [9.17, 15) is 20.4 Å². The molecule has 0 bridgehead atoms. The third-order valence-electron chi connectivity index (χ3n) is 2.88. The molecule has 1 fully saturated rings. The van der Waals surface area contributed by atoms with E-state index in [4.69, 9.17) is 14.6 Å². The van der Waals surface area contributed by atoms with E-state index in [0.29, 0.717) is 0 Å². The fraction of sp³-hybridized carbons (Fsp3) is 1.00. The van der Waals surface area contributed by atoms with Crippen LogP contribution in [0, 0.1) is 0 Å². The summed E-state index contributed by atoms with van der Waals surface area (Å²) in [4.78, 5) is 0. The van der Waals surface area contributed by atoms with Crippen molar-refractivity contribution in [1.29, 1.82) is 0 Å². The molecular weight excluding hydrogens is 232 g/mol. The Bertz CT molecular complexity index is 231. The molecule has 7 atom stereocenters. The van der Waals surface area contributed by atoms with Gasteiger partial charge in [0.15, 0.2) is 6.29 Å². The fourth-order valence-corrected chi connectivity index (χ4v) is 1.51. The number of aliphatic hydroxyl groups is 5. The average molecular weight is 252 g/mol. The van der Waals surface area contributed by atoms with Crippen molar-refractivity contribution in [3.8, 4) is 0 Å². The molecule has 1 heterocycles. The van der Waals surface area contributed by atoms with Crippen molar-refractivity contribution in [3.05, 3.63) is 0 Å². The number of hydrogen-bond donors (Lipinski definition) is 5. The Hall–Kier alpha value is -0.280. The van der Waals surface area contributed by atoms with Gasteiger partial charge in [-0.15, -0.1) is 0 Å². The zero-order valence-electron chi connectivity index (χ0n) is 9.80. The lowest BCUT2D eigenvalue weighted by Crippen LogP contribution is -2.59. The van der Waals surface area contributed by atoms with Crippen molar-refractivity contribution < 1.29 is 35.0 Å². The van der Waals surface area contributed by atoms with E-state index in [1.54, 1.807) is 6.92 Å². The summed E-state index contributed by atoms with van der Waals surface area (Å²) in [6, 6.07) is 0. The molecule has 0 aromatic heterocycles. The molecule has 0 aromatic rings. The van der Waals surface area contributed by atoms with Gasteiger partial charge >= 0.3 is 0 Å². The lowest BCUT2D eigenvalue weighted by atomic mass is 9.99. The van der Waals surface area contributed by atoms with E-state index in [0.717, 1.165) is 0 Å². The van der Waals surface area contributed by atoms with Gasteiger partial charge in [-0.1, -0.05) is 0 Å². The highest BCUT2D eigenvalue weighted by molar-refractivity contribution is 4.89. The van der Waals surface area contributed by atoms with Crippen molar-refractivity contribution in [3.63, 3.8) is 0 Å². The Labute approximate surface area is 99.2 Å². The number of ether oxygens (including phenoxy) is 2. The van der Waals surface area contributed by atoms with E-state index in [-0.39, 0.29) is 0 Å². The Balaban J connectivity index is 2.65. The van der Waals surface area contributed by atoms with Crippen LogP contribution in [0.4, 0.5) is 0 Å². The largest absolute Gasteiger partial charge is 0.394 e. The van der Waals surface area contributed by atoms with Crippen LogP contribution in [0.1, 0.15) is 13.8 Å². The van der Waals surface area contributed by atoms with Gasteiger partial charge in [-0.3, -0.25) is 0 Å². The van der Waals surface area contributed by atoms with Crippen LogP contribution in [0.3, 0.4) is 0 Å². The molecule has 0 aromatic carbocycles. The summed E-state index contributed by atoms with van der Waals surface area (Å²) in [5.74, 6) is 0. The first-order chi connectivity index (χ1) is 7.88. The fourth-order valence-electron chi connectivity index (χ4n) is 1.51. The lowest BCUT2D eigenvalue weighted by Gasteiger charge is -2.40. The van der Waals surface area contributed by atoms with Gasteiger partial charge in [-0.25, -0.2) is 0 Å². The molecular formula is C10H20O7. The first kappa shape index (κ1) is 14.8. The summed E-state index contributed by atoms with van der Waals surface area (Å²) < 4.78 is 10.3. The third-order valence-corrected chi connectivity index (χ3v) is 2.88. The molecule has 0 spiro atoms. The molecule has 17 heavy (non-hydrogen) atoms. The topological polar surface area (TPSA) is 120 Å². The van der Waals surface area contributed by atoms with Crippen LogP contribution < -0.4 is 0 Å². The summed E-state index contributed by atoms with van der Waals surface area (Å²) in [6.07, 6.45) is -7.90. The molecule has 0 saturated carbocycles. The van der Waals surface area contributed by atoms with Crippen LogP contribution in [0.25, 0.3) is 0 Å². The van der Waals surface area contributed by atoms with Crippen LogP contribution >= 0.6 is 0 Å². The van der Waals surface area contributed by atoms with E-state index >= 15 is 0 Å². The SMILES string of the molecule is C[C@H](O)[C@@H](C)O[C@@H]1O[C@H](CO)[C@@H](O)[C@H](O)[C@H]1O. The normalized spacial score (nSPS) is 42.2. The monoisotopic (exact) mass is 252 g/mol. The first-order valence-corrected chi connectivity index (χ1v) is 5.52. The molecule has 1 saturated heterocycles. The predicted octanol–water partition coefficient (Wildman–Crippen LogP) is -2.43. The van der Waals surface area contributed by atoms with Crippen LogP contribution in [0.5, 0.6) is 0 Å². The third kappa shape index (κ3) is 3.35. The Morgan fingerprint density at radius 3 is 2.18 bits per heavy atom. The number of rotatable bonds is 4. The van der Waals surface area contributed by atoms with Crippen LogP contribution in [-0.4, -0.2) is 75.1 Å². The zero-order valence-corrected chi connectivity index (χ0v) is 9.80. The van der Waals surface area contributed by atoms with Crippen LogP contribution in [-0.2, 0) is 9.47 Å². The molecule has 7 nitrogen and oxygen atoms in total. The Kier molecular flexibility index (Phi) is 5.26. The van der Waals surface area contributed by atoms with Gasteiger partial charge < -0.3 is 35.0 Å². The second-order valence-corrected chi connectivity index (χ2v) is 4.28. The molecule has 1 aliphatic heterocycles. The minimum absolute atomic E-state index is 0.506. The average Bonchev–Trinajstić information content (AvgIpc) is 2.29. The molecule has 7 heteroatoms. The van der Waals surface area contributed by atoms with Gasteiger partial charge in [0.1, 0.15) is 24.4 Å². The van der Waals surface area contributed by atoms with Gasteiger partial charge in [0.2, 0.25) is 0 Å². The van der Waals surface area contributed by atoms with Crippen molar-refractivity contribution >= 4 is 0 Å². The molecule has 1 aliphatic rings. The Morgan fingerprint density at radius 1 is 1.12 bits per heavy atom. The van der Waals surface area contributed by atoms with E-state index in [1.807, 2.05) is 0 Å². The molecule has 0 amide bonds. The lowest BCUT2D eigenvalue weighted by molar-refractivity contribution is -0.314. The van der Waals surface area contributed by atoms with Crippen molar-refractivity contribution in [1.82, 2.24) is 0 Å². The molecule has 1 rings (SSSR count). The first-order valence-electron chi connectivity index (χ1n) is 5.52. The van der Waals surface area contributed by atoms with Crippen LogP contribution in [0.2, 0.25) is 0 Å². The summed E-state index contributed by atoms with van der Waals surface area (Å²) in [7, 11) is 0. The van der Waals surface area contributed by atoms with E-state index < -0.39 is 49.5 Å². The summed E-state index contributed by atoms with van der Waals surface area (Å²) in [5, 5.41) is 46.8. The summed E-state index contributed by atoms with van der Waals surface area (Å²) >= 11 is 0. The second-order valence-electron chi connectivity index (χ2n) is 4.28. The van der Waals surface area contributed by atoms with E-state index in [1.165, 1.54) is 6.92 Å². The maximum Gasteiger partial charge on any atom is 0.187 e. The molecule has 102 valence electrons. The molecule has 0 unspecified atom stereocenters. The standard InChI is InChI=1S/C10H20O7/c1-4(12)5(2)16-10-9(15)8(14)7(13)6(3-11)17-10/h4-15H,3H2,1-2H3/t4-,5+,6+,7+,8-,9+,10+/m0/s1. The zero-order chi connectivity index (χ0) is 13.2. The summed E-state index contributed by atoms with van der Waals surface area (Å²) in [6.45, 7) is 2.58. The molecule has 5 N–H and O–H groups in total. The van der Waals surface area contributed by atoms with Gasteiger partial charge in [0.05, 0.1) is 18.8 Å². The van der Waals surface area contributed by atoms with Gasteiger partial charge in [-0.2, -0.15) is 0 Å². The van der Waals surface area contributed by atoms with Crippen LogP contribution in [0.15, 0.2) is 0 Å². The summed E-state index contributed by atoms with van der Waals surface area (Å²) in [5.41, 5.74) is 0. The highest BCUT2D eigenvalue weighted by Gasteiger charge is 2.44. The number of hydrogen-bond acceptors (Lipinski definition) is 7. The number of aliphatic hydroxyl groups excluding tert-OH is 5. The van der Waals surface area contributed by atoms with E-state index in [2.05, 4.69) is 0 Å². The quantitative estimate of drug-likeness (QED) is 0.377. The van der Waals surface area contributed by atoms with Gasteiger partial charge in [-0.05, 0) is 13.8 Å². The maximum atomic E-state index is 9.63. The second kappa shape index (κ2) is 6.05. The highest BCUT2D eigenvalue weighted by atomic mass is 16.7. The smallest absolute Gasteiger partial charge is 0.187 e. The van der Waals surface area contributed by atoms with Crippen molar-refractivity contribution in [2.75, 3.05) is 6.61 Å². The maximum absolute atomic E-state index is 9.63. The Morgan fingerprint density at radius 2 is 1.71 bits per heavy atom. The van der Waals surface area contributed by atoms with Crippen molar-refractivity contribution in [2.45, 2.75) is 56.8 Å². The van der Waals surface area contributed by atoms with Crippen molar-refractivity contribution in [2.24, 2.45) is 0 Å². The minimum atomic E-state index is -1.47. The molecule has 0 radical (unpaired) electrons. The highest BCUT2D eigenvalue weighted by Crippen LogP contribution is 2.23. The predicted molar refractivity (Wildman–Crippen MR) is 56.0 cm³/mol.